The molecule has 0 atom stereocenters. The first-order chi connectivity index (χ1) is 10.1. The molecule has 0 unspecified atom stereocenters. The number of hydrogen-bond donors (Lipinski definition) is 3. The number of amides is 1. The number of carbonyl (C=O) groups is 2. The molecule has 7 heteroatoms. The first-order valence-electron chi connectivity index (χ1n) is 6.35. The van der Waals surface area contributed by atoms with Crippen LogP contribution in [0.3, 0.4) is 0 Å². The molecule has 21 heavy (non-hydrogen) atoms. The Balaban J connectivity index is 2.11. The van der Waals surface area contributed by atoms with Crippen molar-refractivity contribution in [3.8, 4) is 0 Å². The Morgan fingerprint density at radius 3 is 2.76 bits per heavy atom. The Morgan fingerprint density at radius 1 is 1.33 bits per heavy atom. The quantitative estimate of drug-likeness (QED) is 0.755. The van der Waals surface area contributed by atoms with Crippen LogP contribution in [0.5, 0.6) is 0 Å². The summed E-state index contributed by atoms with van der Waals surface area (Å²) in [5.41, 5.74) is 7.16. The maximum Gasteiger partial charge on any atom is 0.303 e. The van der Waals surface area contributed by atoms with Gasteiger partial charge < -0.3 is 16.2 Å². The second-order valence-electron chi connectivity index (χ2n) is 4.34. The van der Waals surface area contributed by atoms with Crippen LogP contribution in [0.25, 0.3) is 0 Å². The van der Waals surface area contributed by atoms with E-state index in [-0.39, 0.29) is 12.3 Å². The molecule has 0 bridgehead atoms. The third-order valence-corrected chi connectivity index (χ3v) is 3.70. The summed E-state index contributed by atoms with van der Waals surface area (Å²) in [6, 6.07) is 7.13. The fraction of sp³-hybridized carbons (Fsp3) is 0.214. The molecule has 1 amide bonds. The minimum absolute atomic E-state index is 0.0148. The largest absolute Gasteiger partial charge is 0.481 e. The molecule has 0 radical (unpaired) electrons. The number of aliphatic carboxylic acids is 1. The number of anilines is 1. The SMILES string of the molecule is NCc1nc(C(=O)Nc2ccccc2CCC(=O)O)cs1. The highest BCUT2D eigenvalue weighted by atomic mass is 32.1. The van der Waals surface area contributed by atoms with Crippen molar-refractivity contribution in [2.75, 3.05) is 5.32 Å². The van der Waals surface area contributed by atoms with Gasteiger partial charge in [0, 0.05) is 24.0 Å². The summed E-state index contributed by atoms with van der Waals surface area (Å²) in [6.07, 6.45) is 0.373. The van der Waals surface area contributed by atoms with Crippen molar-refractivity contribution in [2.24, 2.45) is 5.73 Å². The van der Waals surface area contributed by atoms with E-state index in [9.17, 15) is 9.59 Å². The highest BCUT2D eigenvalue weighted by molar-refractivity contribution is 7.09. The molecule has 0 saturated carbocycles. The molecule has 0 saturated heterocycles. The van der Waals surface area contributed by atoms with Gasteiger partial charge in [-0.3, -0.25) is 9.59 Å². The number of carboxylic acids is 1. The molecule has 2 rings (SSSR count). The number of carbonyl (C=O) groups excluding carboxylic acids is 1. The molecule has 6 nitrogen and oxygen atoms in total. The second kappa shape index (κ2) is 6.96. The van der Waals surface area contributed by atoms with Crippen molar-refractivity contribution in [3.63, 3.8) is 0 Å². The Morgan fingerprint density at radius 2 is 2.10 bits per heavy atom. The van der Waals surface area contributed by atoms with Gasteiger partial charge in [0.2, 0.25) is 0 Å². The van der Waals surface area contributed by atoms with Gasteiger partial charge in [-0.25, -0.2) is 4.98 Å². The number of nitrogens with zero attached hydrogens (tertiary/aromatic N) is 1. The van der Waals surface area contributed by atoms with Crippen LogP contribution in [-0.2, 0) is 17.8 Å². The molecular weight excluding hydrogens is 290 g/mol. The first kappa shape index (κ1) is 15.1. The number of aryl methyl sites for hydroxylation is 1. The molecule has 0 aliphatic carbocycles. The Bertz CT molecular complexity index is 654. The lowest BCUT2D eigenvalue weighted by Gasteiger charge is -2.09. The van der Waals surface area contributed by atoms with Crippen LogP contribution in [0.1, 0.15) is 27.5 Å². The molecular formula is C14H15N3O3S. The summed E-state index contributed by atoms with van der Waals surface area (Å²) < 4.78 is 0. The molecule has 0 spiro atoms. The smallest absolute Gasteiger partial charge is 0.303 e. The monoisotopic (exact) mass is 305 g/mol. The number of thiazole rings is 1. The predicted molar refractivity (Wildman–Crippen MR) is 80.4 cm³/mol. The number of rotatable bonds is 6. The molecule has 110 valence electrons. The van der Waals surface area contributed by atoms with Crippen molar-refractivity contribution < 1.29 is 14.7 Å². The van der Waals surface area contributed by atoms with E-state index in [1.165, 1.54) is 11.3 Å². The van der Waals surface area contributed by atoms with Gasteiger partial charge in [0.1, 0.15) is 10.7 Å². The highest BCUT2D eigenvalue weighted by Gasteiger charge is 2.12. The standard InChI is InChI=1S/C14H15N3O3S/c15-7-12-16-11(8-21-12)14(20)17-10-4-2-1-3-9(10)5-6-13(18)19/h1-4,8H,5-7,15H2,(H,17,20)(H,18,19). The average Bonchev–Trinajstić information content (AvgIpc) is 2.95. The Kier molecular flexibility index (Phi) is 5.02. The van der Waals surface area contributed by atoms with Gasteiger partial charge in [-0.05, 0) is 18.1 Å². The molecule has 1 aromatic carbocycles. The van der Waals surface area contributed by atoms with Crippen LogP contribution < -0.4 is 11.1 Å². The number of carboxylic acid groups (broad SMARTS) is 1. The van der Waals surface area contributed by atoms with Crippen molar-refractivity contribution in [1.29, 1.82) is 0 Å². The van der Waals surface area contributed by atoms with Crippen LogP contribution in [0.15, 0.2) is 29.6 Å². The fourth-order valence-corrected chi connectivity index (χ4v) is 2.45. The zero-order valence-corrected chi connectivity index (χ0v) is 12.0. The molecule has 1 heterocycles. The van der Waals surface area contributed by atoms with E-state index >= 15 is 0 Å². The molecule has 0 aliphatic heterocycles. The summed E-state index contributed by atoms with van der Waals surface area (Å²) >= 11 is 1.33. The van der Waals surface area contributed by atoms with E-state index in [2.05, 4.69) is 10.3 Å². The topological polar surface area (TPSA) is 105 Å². The molecule has 0 aliphatic rings. The van der Waals surface area contributed by atoms with Gasteiger partial charge in [0.25, 0.3) is 5.91 Å². The van der Waals surface area contributed by atoms with Crippen LogP contribution in [0.4, 0.5) is 5.69 Å². The normalized spacial score (nSPS) is 10.3. The third kappa shape index (κ3) is 4.11. The van der Waals surface area contributed by atoms with Crippen LogP contribution in [0.2, 0.25) is 0 Å². The van der Waals surface area contributed by atoms with E-state index in [0.29, 0.717) is 29.4 Å². The van der Waals surface area contributed by atoms with Crippen LogP contribution in [0, 0.1) is 0 Å². The molecule has 2 aromatic rings. The zero-order chi connectivity index (χ0) is 15.2. The van der Waals surface area contributed by atoms with Crippen molar-refractivity contribution in [2.45, 2.75) is 19.4 Å². The van der Waals surface area contributed by atoms with Gasteiger partial charge in [0.15, 0.2) is 0 Å². The number of benzene rings is 1. The number of hydrogen-bond acceptors (Lipinski definition) is 5. The minimum atomic E-state index is -0.872. The summed E-state index contributed by atoms with van der Waals surface area (Å²) in [7, 11) is 0. The summed E-state index contributed by atoms with van der Waals surface area (Å²) in [6.45, 7) is 0.299. The lowest BCUT2D eigenvalue weighted by atomic mass is 10.1. The van der Waals surface area contributed by atoms with Gasteiger partial charge in [-0.2, -0.15) is 0 Å². The predicted octanol–water partition coefficient (Wildman–Crippen LogP) is 1.87. The molecule has 1 aromatic heterocycles. The molecule has 4 N–H and O–H groups in total. The van der Waals surface area contributed by atoms with Crippen molar-refractivity contribution in [1.82, 2.24) is 4.98 Å². The molecule has 0 fully saturated rings. The van der Waals surface area contributed by atoms with Gasteiger partial charge in [-0.15, -0.1) is 11.3 Å². The third-order valence-electron chi connectivity index (χ3n) is 2.83. The number of para-hydroxylation sites is 1. The number of nitrogens with two attached hydrogens (primary N) is 1. The second-order valence-corrected chi connectivity index (χ2v) is 5.28. The van der Waals surface area contributed by atoms with E-state index < -0.39 is 5.97 Å². The van der Waals surface area contributed by atoms with E-state index in [4.69, 9.17) is 10.8 Å². The Labute approximate surface area is 125 Å². The van der Waals surface area contributed by atoms with Gasteiger partial charge in [0.05, 0.1) is 0 Å². The zero-order valence-electron chi connectivity index (χ0n) is 11.2. The van der Waals surface area contributed by atoms with Crippen LogP contribution >= 0.6 is 11.3 Å². The van der Waals surface area contributed by atoms with Gasteiger partial charge >= 0.3 is 5.97 Å². The van der Waals surface area contributed by atoms with Gasteiger partial charge in [-0.1, -0.05) is 18.2 Å². The van der Waals surface area contributed by atoms with Crippen LogP contribution in [-0.4, -0.2) is 22.0 Å². The highest BCUT2D eigenvalue weighted by Crippen LogP contribution is 2.18. The van der Waals surface area contributed by atoms with E-state index in [1.807, 2.05) is 6.07 Å². The minimum Gasteiger partial charge on any atom is -0.481 e. The lowest BCUT2D eigenvalue weighted by Crippen LogP contribution is -2.14. The van der Waals surface area contributed by atoms with Crippen molar-refractivity contribution in [3.05, 3.63) is 45.9 Å². The number of nitrogens with one attached hydrogen (secondary N) is 1. The number of aromatic nitrogens is 1. The summed E-state index contributed by atoms with van der Waals surface area (Å²) in [5.74, 6) is -1.20. The maximum absolute atomic E-state index is 12.1. The lowest BCUT2D eigenvalue weighted by molar-refractivity contribution is -0.136. The first-order valence-corrected chi connectivity index (χ1v) is 7.23. The Hall–Kier alpha value is -2.25. The summed E-state index contributed by atoms with van der Waals surface area (Å²) in [4.78, 5) is 26.9. The average molecular weight is 305 g/mol. The van der Waals surface area contributed by atoms with E-state index in [0.717, 1.165) is 5.56 Å². The fourth-order valence-electron chi connectivity index (χ4n) is 1.80. The van der Waals surface area contributed by atoms with Crippen molar-refractivity contribution >= 4 is 28.9 Å². The summed E-state index contributed by atoms with van der Waals surface area (Å²) in [5, 5.41) is 13.9. The van der Waals surface area contributed by atoms with E-state index in [1.54, 1.807) is 23.6 Å². The maximum atomic E-state index is 12.1.